The fourth-order valence-corrected chi connectivity index (χ4v) is 5.44. The zero-order chi connectivity index (χ0) is 24.1. The summed E-state index contributed by atoms with van der Waals surface area (Å²) in [6, 6.07) is 8.85. The minimum absolute atomic E-state index is 0.0238. The van der Waals surface area contributed by atoms with Crippen molar-refractivity contribution in [2.45, 2.75) is 82.8 Å². The molecule has 4 rings (SSSR count). The van der Waals surface area contributed by atoms with Crippen molar-refractivity contribution in [3.05, 3.63) is 76.1 Å². The molecule has 0 amide bonds. The minimum Gasteiger partial charge on any atom is -0.393 e. The molecule has 2 aromatic rings. The van der Waals surface area contributed by atoms with Gasteiger partial charge in [0.25, 0.3) is 0 Å². The van der Waals surface area contributed by atoms with Gasteiger partial charge in [0.2, 0.25) is 0 Å². The van der Waals surface area contributed by atoms with Gasteiger partial charge in [0.15, 0.2) is 11.6 Å². The van der Waals surface area contributed by atoms with Gasteiger partial charge in [0.05, 0.1) is 12.7 Å². The lowest BCUT2D eigenvalue weighted by Gasteiger charge is -2.27. The van der Waals surface area contributed by atoms with E-state index >= 15 is 0 Å². The van der Waals surface area contributed by atoms with Gasteiger partial charge in [-0.3, -0.25) is 0 Å². The highest BCUT2D eigenvalue weighted by atomic mass is 19.2. The van der Waals surface area contributed by atoms with Crippen molar-refractivity contribution < 1.29 is 23.0 Å². The molecule has 0 radical (unpaired) electrons. The van der Waals surface area contributed by atoms with Gasteiger partial charge in [-0.25, -0.2) is 13.2 Å². The third-order valence-electron chi connectivity index (χ3n) is 7.61. The van der Waals surface area contributed by atoms with Crippen molar-refractivity contribution in [2.24, 2.45) is 5.92 Å². The Morgan fingerprint density at radius 3 is 2.26 bits per heavy atom. The standard InChI is InChI=1S/C29H35F3O2/c1-2-34-18-24-10-9-23(17-27(24)30)20-6-3-19(4-7-20)5-8-22-13-16-26(29(32)28(22)31)21-11-14-25(33)15-12-21/h5,8-10,13,16-17,19-21,25,33H,2-4,6-7,11-12,14-15,18H2,1H3/b8-5+. The van der Waals surface area contributed by atoms with Crippen LogP contribution in [0.3, 0.4) is 0 Å². The van der Waals surface area contributed by atoms with E-state index in [0.717, 1.165) is 31.2 Å². The number of ether oxygens (including phenoxy) is 1. The lowest BCUT2D eigenvalue weighted by molar-refractivity contribution is 0.122. The van der Waals surface area contributed by atoms with Crippen molar-refractivity contribution in [2.75, 3.05) is 6.61 Å². The SMILES string of the molecule is CCOCc1ccc(C2CCC(/C=C/c3ccc(C4CCC(O)CC4)c(F)c3F)CC2)cc1F. The topological polar surface area (TPSA) is 29.5 Å². The van der Waals surface area contributed by atoms with E-state index in [9.17, 15) is 18.3 Å². The predicted octanol–water partition coefficient (Wildman–Crippen LogP) is 7.65. The Kier molecular flexibility index (Phi) is 8.49. The molecule has 0 heterocycles. The molecule has 0 aromatic heterocycles. The summed E-state index contributed by atoms with van der Waals surface area (Å²) < 4.78 is 49.2. The Labute approximate surface area is 200 Å². The number of rotatable bonds is 7. The third kappa shape index (κ3) is 5.92. The largest absolute Gasteiger partial charge is 0.393 e. The lowest BCUT2D eigenvalue weighted by atomic mass is 9.78. The van der Waals surface area contributed by atoms with Gasteiger partial charge in [-0.05, 0) is 93.2 Å². The lowest BCUT2D eigenvalue weighted by Crippen LogP contribution is -2.18. The van der Waals surface area contributed by atoms with Gasteiger partial charge in [0, 0.05) is 17.7 Å². The zero-order valence-electron chi connectivity index (χ0n) is 19.9. The van der Waals surface area contributed by atoms with E-state index in [4.69, 9.17) is 4.74 Å². The van der Waals surface area contributed by atoms with Gasteiger partial charge >= 0.3 is 0 Å². The Morgan fingerprint density at radius 1 is 0.882 bits per heavy atom. The average molecular weight is 473 g/mol. The molecule has 2 aromatic carbocycles. The molecule has 2 aliphatic rings. The summed E-state index contributed by atoms with van der Waals surface area (Å²) in [5, 5.41) is 9.67. The summed E-state index contributed by atoms with van der Waals surface area (Å²) >= 11 is 0. The summed E-state index contributed by atoms with van der Waals surface area (Å²) in [6.07, 6.45) is 9.82. The van der Waals surface area contributed by atoms with Crippen LogP contribution in [-0.2, 0) is 11.3 Å². The molecule has 2 aliphatic carbocycles. The highest BCUT2D eigenvalue weighted by molar-refractivity contribution is 5.52. The van der Waals surface area contributed by atoms with Gasteiger partial charge in [-0.2, -0.15) is 0 Å². The molecule has 0 atom stereocenters. The van der Waals surface area contributed by atoms with Crippen molar-refractivity contribution in [3.63, 3.8) is 0 Å². The van der Waals surface area contributed by atoms with Crippen LogP contribution in [0.5, 0.6) is 0 Å². The van der Waals surface area contributed by atoms with Crippen LogP contribution in [0.15, 0.2) is 36.4 Å². The number of aliphatic hydroxyl groups excluding tert-OH is 1. The number of allylic oxidation sites excluding steroid dienone is 1. The Balaban J connectivity index is 1.34. The van der Waals surface area contributed by atoms with Crippen LogP contribution >= 0.6 is 0 Å². The molecule has 2 saturated carbocycles. The van der Waals surface area contributed by atoms with Crippen LogP contribution in [-0.4, -0.2) is 17.8 Å². The van der Waals surface area contributed by atoms with Crippen molar-refractivity contribution in [3.8, 4) is 0 Å². The number of halogens is 3. The molecule has 0 unspecified atom stereocenters. The molecule has 1 N–H and O–H groups in total. The van der Waals surface area contributed by atoms with Gasteiger partial charge in [0.1, 0.15) is 5.82 Å². The summed E-state index contributed by atoms with van der Waals surface area (Å²) in [5.41, 5.74) is 2.33. The maximum absolute atomic E-state index is 14.8. The molecule has 0 aliphatic heterocycles. The van der Waals surface area contributed by atoms with Crippen LogP contribution in [0.1, 0.15) is 92.4 Å². The molecule has 2 nitrogen and oxygen atoms in total. The number of hydrogen-bond donors (Lipinski definition) is 1. The molecule has 0 bridgehead atoms. The highest BCUT2D eigenvalue weighted by Crippen LogP contribution is 2.38. The number of benzene rings is 2. The zero-order valence-corrected chi connectivity index (χ0v) is 19.9. The fourth-order valence-electron chi connectivity index (χ4n) is 5.44. The summed E-state index contributed by atoms with van der Waals surface area (Å²) in [6.45, 7) is 2.75. The summed E-state index contributed by atoms with van der Waals surface area (Å²) in [4.78, 5) is 0. The summed E-state index contributed by atoms with van der Waals surface area (Å²) in [5.74, 6) is -1.14. The van der Waals surface area contributed by atoms with Crippen molar-refractivity contribution >= 4 is 6.08 Å². The normalized spacial score (nSPS) is 25.7. The highest BCUT2D eigenvalue weighted by Gasteiger charge is 2.26. The van der Waals surface area contributed by atoms with E-state index < -0.39 is 11.6 Å². The van der Waals surface area contributed by atoms with E-state index in [2.05, 4.69) is 0 Å². The molecule has 0 spiro atoms. The molecular weight excluding hydrogens is 437 g/mol. The van der Waals surface area contributed by atoms with E-state index in [0.29, 0.717) is 61.9 Å². The first-order valence-corrected chi connectivity index (χ1v) is 12.7. The predicted molar refractivity (Wildman–Crippen MR) is 129 cm³/mol. The van der Waals surface area contributed by atoms with Crippen LogP contribution in [0.4, 0.5) is 13.2 Å². The molecular formula is C29H35F3O2. The molecule has 5 heteroatoms. The fraction of sp³-hybridized carbons (Fsp3) is 0.517. The van der Waals surface area contributed by atoms with Gasteiger partial charge in [-0.1, -0.05) is 36.4 Å². The monoisotopic (exact) mass is 472 g/mol. The number of hydrogen-bond acceptors (Lipinski definition) is 2. The van der Waals surface area contributed by atoms with Crippen LogP contribution in [0.2, 0.25) is 0 Å². The molecule has 184 valence electrons. The Hall–Kier alpha value is -2.11. The van der Waals surface area contributed by atoms with Gasteiger partial charge < -0.3 is 9.84 Å². The Bertz CT molecular complexity index is 987. The van der Waals surface area contributed by atoms with Crippen LogP contribution < -0.4 is 0 Å². The first-order valence-electron chi connectivity index (χ1n) is 12.7. The summed E-state index contributed by atoms with van der Waals surface area (Å²) in [7, 11) is 0. The average Bonchev–Trinajstić information content (AvgIpc) is 2.85. The minimum atomic E-state index is -0.781. The second-order valence-electron chi connectivity index (χ2n) is 9.84. The molecule has 0 saturated heterocycles. The second kappa shape index (κ2) is 11.5. The maximum Gasteiger partial charge on any atom is 0.166 e. The third-order valence-corrected chi connectivity index (χ3v) is 7.61. The maximum atomic E-state index is 14.8. The van der Waals surface area contributed by atoms with E-state index in [-0.39, 0.29) is 23.4 Å². The first-order chi connectivity index (χ1) is 16.5. The van der Waals surface area contributed by atoms with Gasteiger partial charge in [-0.15, -0.1) is 0 Å². The van der Waals surface area contributed by atoms with Crippen LogP contribution in [0, 0.1) is 23.4 Å². The Morgan fingerprint density at radius 2 is 1.59 bits per heavy atom. The van der Waals surface area contributed by atoms with E-state index in [1.807, 2.05) is 25.1 Å². The van der Waals surface area contributed by atoms with E-state index in [1.165, 1.54) is 0 Å². The molecule has 34 heavy (non-hydrogen) atoms. The first kappa shape index (κ1) is 25.0. The quantitative estimate of drug-likeness (QED) is 0.449. The smallest absolute Gasteiger partial charge is 0.166 e. The van der Waals surface area contributed by atoms with E-state index in [1.54, 1.807) is 24.3 Å². The van der Waals surface area contributed by atoms with Crippen LogP contribution in [0.25, 0.3) is 6.08 Å². The number of aliphatic hydroxyl groups is 1. The molecule has 2 fully saturated rings. The van der Waals surface area contributed by atoms with Crippen molar-refractivity contribution in [1.82, 2.24) is 0 Å². The second-order valence-corrected chi connectivity index (χ2v) is 9.84. The van der Waals surface area contributed by atoms with Crippen molar-refractivity contribution in [1.29, 1.82) is 0 Å².